The van der Waals surface area contributed by atoms with Crippen molar-refractivity contribution in [1.29, 1.82) is 0 Å². The second kappa shape index (κ2) is 6.75. The predicted octanol–water partition coefficient (Wildman–Crippen LogP) is 3.58. The van der Waals surface area contributed by atoms with E-state index in [1.165, 1.54) is 0 Å². The molecule has 0 aliphatic rings. The van der Waals surface area contributed by atoms with Gasteiger partial charge in [-0.25, -0.2) is 5.10 Å². The molecule has 26 heavy (non-hydrogen) atoms. The highest BCUT2D eigenvalue weighted by Crippen LogP contribution is 2.19. The first-order valence-electron chi connectivity index (χ1n) is 8.18. The van der Waals surface area contributed by atoms with Crippen LogP contribution in [0.3, 0.4) is 0 Å². The fourth-order valence-corrected chi connectivity index (χ4v) is 3.31. The minimum Gasteiger partial charge on any atom is -0.482 e. The van der Waals surface area contributed by atoms with Crippen molar-refractivity contribution in [3.8, 4) is 0 Å². The van der Waals surface area contributed by atoms with Crippen LogP contribution in [0.1, 0.15) is 26.5 Å². The summed E-state index contributed by atoms with van der Waals surface area (Å²) in [6, 6.07) is 3.89. The van der Waals surface area contributed by atoms with Crippen LogP contribution in [0.5, 0.6) is 0 Å². The molecule has 0 unspecified atom stereocenters. The molecule has 0 aromatic carbocycles. The lowest BCUT2D eigenvalue weighted by atomic mass is 9.90. The zero-order chi connectivity index (χ0) is 19.2. The van der Waals surface area contributed by atoms with Gasteiger partial charge in [-0.3, -0.25) is 0 Å². The molecule has 0 saturated heterocycles. The summed E-state index contributed by atoms with van der Waals surface area (Å²) in [6.07, 6.45) is 7.68. The maximum absolute atomic E-state index is 5.60. The largest absolute Gasteiger partial charge is 0.482 e. The van der Waals surface area contributed by atoms with Crippen LogP contribution in [0.2, 0.25) is 0 Å². The van der Waals surface area contributed by atoms with Crippen molar-refractivity contribution >= 4 is 43.8 Å². The highest BCUT2D eigenvalue weighted by molar-refractivity contribution is 7.71. The van der Waals surface area contributed by atoms with E-state index in [9.17, 15) is 0 Å². The van der Waals surface area contributed by atoms with Crippen LogP contribution in [0.25, 0.3) is 0 Å². The quantitative estimate of drug-likeness (QED) is 0.494. The van der Waals surface area contributed by atoms with E-state index in [1.807, 2.05) is 73.7 Å². The van der Waals surface area contributed by atoms with Gasteiger partial charge in [0.05, 0.1) is 10.3 Å². The molecule has 0 amide bonds. The third-order valence-electron chi connectivity index (χ3n) is 4.26. The van der Waals surface area contributed by atoms with E-state index in [2.05, 4.69) is 20.8 Å². The molecule has 6 nitrogen and oxygen atoms in total. The molecule has 0 bridgehead atoms. The molecule has 0 N–H and O–H groups in total. The number of hydrogen-bond donors (Lipinski definition) is 0. The number of aromatic nitrogens is 6. The number of imidazole rings is 2. The van der Waals surface area contributed by atoms with Gasteiger partial charge in [0.1, 0.15) is 9.54 Å². The Kier molecular flexibility index (Phi) is 4.93. The summed E-state index contributed by atoms with van der Waals surface area (Å²) in [7, 11) is 3.42. The smallest absolute Gasteiger partial charge is 0.228 e. The van der Waals surface area contributed by atoms with Crippen LogP contribution in [0.4, 0.5) is 0 Å². The summed E-state index contributed by atoms with van der Waals surface area (Å²) in [6.45, 7) is 6.38. The molecule has 3 aromatic heterocycles. The van der Waals surface area contributed by atoms with Gasteiger partial charge in [-0.05, 0) is 49.0 Å². The highest BCUT2D eigenvalue weighted by atomic mass is 32.1. The van der Waals surface area contributed by atoms with Gasteiger partial charge in [0.15, 0.2) is 0 Å². The zero-order valence-corrected chi connectivity index (χ0v) is 17.9. The normalized spacial score (nSPS) is 12.1. The molecular weight excluding hydrogens is 383 g/mol. The highest BCUT2D eigenvalue weighted by Gasteiger charge is 2.18. The van der Waals surface area contributed by atoms with E-state index in [0.717, 1.165) is 5.69 Å². The fourth-order valence-electron chi connectivity index (χ4n) is 2.67. The summed E-state index contributed by atoms with van der Waals surface area (Å²) in [5.74, 6) is 0. The summed E-state index contributed by atoms with van der Waals surface area (Å²) >= 11 is 16.8. The lowest BCUT2D eigenvalue weighted by Crippen LogP contribution is -2.44. The van der Waals surface area contributed by atoms with E-state index in [0.29, 0.717) is 14.2 Å². The molecule has 137 valence electrons. The number of aryl methyl sites for hydroxylation is 2. The van der Waals surface area contributed by atoms with Crippen molar-refractivity contribution in [2.75, 3.05) is 0 Å². The standard InChI is InChI=1S/C16H21BN6S3/c1-16(2,3)12-6-7-13(24)23(18-12)17(21-10-8-19(4)14(21)25)22-11-9-20(5)15(22)26/h6-11H,1-5H3/q-1. The maximum Gasteiger partial charge on any atom is 0.228 e. The Labute approximate surface area is 168 Å². The van der Waals surface area contributed by atoms with Gasteiger partial charge in [-0.1, -0.05) is 33.0 Å². The van der Waals surface area contributed by atoms with Crippen LogP contribution < -0.4 is 0 Å². The fraction of sp³-hybridized carbons (Fsp3) is 0.375. The Morgan fingerprint density at radius 3 is 1.73 bits per heavy atom. The zero-order valence-electron chi connectivity index (χ0n) is 15.4. The lowest BCUT2D eigenvalue weighted by Gasteiger charge is -2.34. The molecular formula is C16H21BN6S3-. The Morgan fingerprint density at radius 1 is 0.846 bits per heavy atom. The maximum atomic E-state index is 5.60. The Hall–Kier alpha value is -1.78. The molecule has 0 aliphatic heterocycles. The topological polar surface area (TPSA) is 37.5 Å². The van der Waals surface area contributed by atoms with Crippen LogP contribution in [-0.2, 0) is 19.5 Å². The third kappa shape index (κ3) is 3.28. The van der Waals surface area contributed by atoms with Crippen LogP contribution in [0.15, 0.2) is 36.9 Å². The molecule has 0 atom stereocenters. The van der Waals surface area contributed by atoms with E-state index in [4.69, 9.17) is 41.8 Å². The first kappa shape index (κ1) is 19.0. The molecule has 3 heterocycles. The number of nitrogens with zero attached hydrogens (tertiary/aromatic N) is 6. The van der Waals surface area contributed by atoms with Crippen LogP contribution in [0, 0.1) is 14.2 Å². The second-order valence-electron chi connectivity index (χ2n) is 7.30. The summed E-state index contributed by atoms with van der Waals surface area (Å²) in [4.78, 5) is 0. The SMILES string of the molecule is Cn1ccn([B-](n2ccn(C)c2=S)n2nc(C(C)(C)C)ccc2=S)c1=S. The van der Waals surface area contributed by atoms with Crippen LogP contribution >= 0.6 is 36.7 Å². The monoisotopic (exact) mass is 404 g/mol. The summed E-state index contributed by atoms with van der Waals surface area (Å²) in [5.41, 5.74) is 0.840. The van der Waals surface area contributed by atoms with Gasteiger partial charge in [-0.2, -0.15) is 0 Å². The second-order valence-corrected chi connectivity index (χ2v) is 8.44. The first-order chi connectivity index (χ1) is 12.1. The lowest BCUT2D eigenvalue weighted by molar-refractivity contribution is 0.549. The van der Waals surface area contributed by atoms with Crippen molar-refractivity contribution in [1.82, 2.24) is 27.8 Å². The minimum atomic E-state index is -0.410. The average molecular weight is 404 g/mol. The predicted molar refractivity (Wildman–Crippen MR) is 112 cm³/mol. The van der Waals surface area contributed by atoms with Crippen molar-refractivity contribution in [2.24, 2.45) is 14.1 Å². The van der Waals surface area contributed by atoms with Gasteiger partial charge in [0.2, 0.25) is 7.12 Å². The van der Waals surface area contributed by atoms with E-state index in [1.54, 1.807) is 0 Å². The van der Waals surface area contributed by atoms with Gasteiger partial charge in [0.25, 0.3) is 0 Å². The van der Waals surface area contributed by atoms with E-state index < -0.39 is 7.12 Å². The van der Waals surface area contributed by atoms with E-state index in [-0.39, 0.29) is 5.41 Å². The molecule has 0 fully saturated rings. The molecule has 0 saturated carbocycles. The first-order valence-corrected chi connectivity index (χ1v) is 9.41. The Morgan fingerprint density at radius 2 is 1.35 bits per heavy atom. The molecule has 1 radical (unpaired) electrons. The Balaban J connectivity index is 2.34. The summed E-state index contributed by atoms with van der Waals surface area (Å²) in [5, 5.41) is 4.86. The van der Waals surface area contributed by atoms with Crippen molar-refractivity contribution in [2.45, 2.75) is 26.2 Å². The van der Waals surface area contributed by atoms with Crippen molar-refractivity contribution in [3.63, 3.8) is 0 Å². The van der Waals surface area contributed by atoms with Gasteiger partial charge in [-0.15, -0.1) is 0 Å². The van der Waals surface area contributed by atoms with Crippen LogP contribution in [-0.4, -0.2) is 34.9 Å². The molecule has 3 aromatic rings. The van der Waals surface area contributed by atoms with Crippen molar-refractivity contribution < 1.29 is 0 Å². The Bertz CT molecular complexity index is 1070. The van der Waals surface area contributed by atoms with Crippen molar-refractivity contribution in [3.05, 3.63) is 56.8 Å². The van der Waals surface area contributed by atoms with Gasteiger partial charge < -0.3 is 22.7 Å². The summed E-state index contributed by atoms with van der Waals surface area (Å²) < 4.78 is 11.4. The minimum absolute atomic E-state index is 0.106. The molecule has 0 aliphatic carbocycles. The van der Waals surface area contributed by atoms with Gasteiger partial charge in [0, 0.05) is 31.9 Å². The molecule has 0 spiro atoms. The average Bonchev–Trinajstić information content (AvgIpc) is 3.06. The molecule has 3 rings (SSSR count). The van der Waals surface area contributed by atoms with E-state index >= 15 is 0 Å². The third-order valence-corrected chi connectivity index (χ3v) is 5.58. The number of hydrogen-bond acceptors (Lipinski definition) is 4. The number of rotatable bonds is 3. The molecule has 10 heteroatoms. The van der Waals surface area contributed by atoms with Gasteiger partial charge >= 0.3 is 0 Å².